The van der Waals surface area contributed by atoms with Crippen LogP contribution in [0.4, 0.5) is 20.2 Å². The molecule has 1 aromatic carbocycles. The van der Waals surface area contributed by atoms with Gasteiger partial charge in [0.25, 0.3) is 0 Å². The SMILES string of the molecule is CCC(CCO)CNc1c(N)ccc(F)c1F. The number of halogens is 2. The second-order valence-corrected chi connectivity index (χ2v) is 3.99. The predicted molar refractivity (Wildman–Crippen MR) is 64.7 cm³/mol. The number of nitrogens with one attached hydrogen (secondary N) is 1. The number of hydrogen-bond donors (Lipinski definition) is 3. The number of hydrogen-bond acceptors (Lipinski definition) is 3. The Morgan fingerprint density at radius 3 is 2.71 bits per heavy atom. The van der Waals surface area contributed by atoms with Crippen molar-refractivity contribution in [1.29, 1.82) is 0 Å². The third kappa shape index (κ3) is 3.56. The van der Waals surface area contributed by atoms with Crippen LogP contribution in [0.1, 0.15) is 19.8 Å². The topological polar surface area (TPSA) is 58.3 Å². The van der Waals surface area contributed by atoms with E-state index in [-0.39, 0.29) is 23.9 Å². The summed E-state index contributed by atoms with van der Waals surface area (Å²) in [5.74, 6) is -1.66. The predicted octanol–water partition coefficient (Wildman–Crippen LogP) is 2.37. The lowest BCUT2D eigenvalue weighted by Crippen LogP contribution is -2.17. The van der Waals surface area contributed by atoms with Gasteiger partial charge in [-0.05, 0) is 24.5 Å². The third-order valence-corrected chi connectivity index (χ3v) is 2.81. The minimum absolute atomic E-state index is 0.00129. The molecule has 0 spiro atoms. The average molecular weight is 244 g/mol. The molecule has 0 saturated carbocycles. The first-order chi connectivity index (χ1) is 8.10. The lowest BCUT2D eigenvalue weighted by Gasteiger charge is -2.17. The van der Waals surface area contributed by atoms with Crippen LogP contribution in [-0.4, -0.2) is 18.3 Å². The molecule has 0 aliphatic heterocycles. The normalized spacial score (nSPS) is 12.5. The molecular formula is C12H18F2N2O. The second-order valence-electron chi connectivity index (χ2n) is 3.99. The summed E-state index contributed by atoms with van der Waals surface area (Å²) in [6.45, 7) is 2.52. The lowest BCUT2D eigenvalue weighted by molar-refractivity contribution is 0.258. The number of aliphatic hydroxyl groups excluding tert-OH is 1. The van der Waals surface area contributed by atoms with Crippen LogP contribution in [0.3, 0.4) is 0 Å². The fourth-order valence-corrected chi connectivity index (χ4v) is 1.62. The third-order valence-electron chi connectivity index (χ3n) is 2.81. The molecule has 0 aliphatic carbocycles. The van der Waals surface area contributed by atoms with Gasteiger partial charge in [0.1, 0.15) is 0 Å². The largest absolute Gasteiger partial charge is 0.397 e. The van der Waals surface area contributed by atoms with E-state index in [1.807, 2.05) is 6.92 Å². The Kier molecular flexibility index (Phi) is 5.15. The highest BCUT2D eigenvalue weighted by atomic mass is 19.2. The number of rotatable bonds is 6. The number of anilines is 2. The Morgan fingerprint density at radius 1 is 1.41 bits per heavy atom. The molecule has 1 unspecified atom stereocenters. The first kappa shape index (κ1) is 13.7. The molecule has 0 heterocycles. The van der Waals surface area contributed by atoms with Crippen LogP contribution < -0.4 is 11.1 Å². The van der Waals surface area contributed by atoms with Crippen molar-refractivity contribution in [1.82, 2.24) is 0 Å². The molecule has 96 valence electrons. The Balaban J connectivity index is 2.71. The quantitative estimate of drug-likeness (QED) is 0.673. The minimum atomic E-state index is -0.955. The van der Waals surface area contributed by atoms with Gasteiger partial charge in [-0.1, -0.05) is 13.3 Å². The van der Waals surface area contributed by atoms with Gasteiger partial charge in [0.15, 0.2) is 11.6 Å². The highest BCUT2D eigenvalue weighted by Gasteiger charge is 2.13. The zero-order valence-corrected chi connectivity index (χ0v) is 9.84. The highest BCUT2D eigenvalue weighted by molar-refractivity contribution is 5.66. The Bertz CT molecular complexity index is 372. The van der Waals surface area contributed by atoms with Gasteiger partial charge in [0.2, 0.25) is 0 Å². The average Bonchev–Trinajstić information content (AvgIpc) is 2.32. The first-order valence-corrected chi connectivity index (χ1v) is 5.68. The summed E-state index contributed by atoms with van der Waals surface area (Å²) in [5, 5.41) is 11.6. The minimum Gasteiger partial charge on any atom is -0.397 e. The Labute approximate surface area is 99.6 Å². The van der Waals surface area contributed by atoms with Gasteiger partial charge in [0, 0.05) is 13.2 Å². The van der Waals surface area contributed by atoms with E-state index < -0.39 is 11.6 Å². The smallest absolute Gasteiger partial charge is 0.183 e. The van der Waals surface area contributed by atoms with E-state index in [2.05, 4.69) is 5.32 Å². The van der Waals surface area contributed by atoms with Crippen molar-refractivity contribution < 1.29 is 13.9 Å². The van der Waals surface area contributed by atoms with E-state index in [9.17, 15) is 8.78 Å². The van der Waals surface area contributed by atoms with Crippen LogP contribution in [0.15, 0.2) is 12.1 Å². The second kappa shape index (κ2) is 6.39. The molecule has 0 aromatic heterocycles. The van der Waals surface area contributed by atoms with E-state index in [1.165, 1.54) is 6.07 Å². The summed E-state index contributed by atoms with van der Waals surface area (Å²) >= 11 is 0. The summed E-state index contributed by atoms with van der Waals surface area (Å²) in [4.78, 5) is 0. The van der Waals surface area contributed by atoms with Gasteiger partial charge in [-0.15, -0.1) is 0 Å². The molecule has 1 aromatic rings. The van der Waals surface area contributed by atoms with Crippen LogP contribution in [0.5, 0.6) is 0 Å². The molecule has 0 aliphatic rings. The summed E-state index contributed by atoms with van der Waals surface area (Å²) in [6, 6.07) is 2.33. The zero-order chi connectivity index (χ0) is 12.8. The lowest BCUT2D eigenvalue weighted by atomic mass is 10.0. The van der Waals surface area contributed by atoms with Gasteiger partial charge in [-0.25, -0.2) is 8.78 Å². The monoisotopic (exact) mass is 244 g/mol. The summed E-state index contributed by atoms with van der Waals surface area (Å²) in [7, 11) is 0. The summed E-state index contributed by atoms with van der Waals surface area (Å²) < 4.78 is 26.4. The number of nitrogen functional groups attached to an aromatic ring is 1. The van der Waals surface area contributed by atoms with Crippen molar-refractivity contribution in [2.45, 2.75) is 19.8 Å². The molecular weight excluding hydrogens is 226 g/mol. The number of aliphatic hydroxyl groups is 1. The molecule has 0 radical (unpaired) electrons. The van der Waals surface area contributed by atoms with Crippen LogP contribution >= 0.6 is 0 Å². The molecule has 3 nitrogen and oxygen atoms in total. The molecule has 0 saturated heterocycles. The summed E-state index contributed by atoms with van der Waals surface area (Å²) in [5.41, 5.74) is 5.76. The molecule has 0 bridgehead atoms. The Morgan fingerprint density at radius 2 is 2.12 bits per heavy atom. The van der Waals surface area contributed by atoms with E-state index in [0.29, 0.717) is 13.0 Å². The van der Waals surface area contributed by atoms with Gasteiger partial charge >= 0.3 is 0 Å². The number of benzene rings is 1. The van der Waals surface area contributed by atoms with Crippen molar-refractivity contribution in [3.05, 3.63) is 23.8 Å². The first-order valence-electron chi connectivity index (χ1n) is 5.68. The van der Waals surface area contributed by atoms with E-state index in [0.717, 1.165) is 12.5 Å². The standard InChI is InChI=1S/C12H18F2N2O/c1-2-8(5-6-17)7-16-12-10(15)4-3-9(13)11(12)14/h3-4,8,16-17H,2,5-7,15H2,1H3. The van der Waals surface area contributed by atoms with Gasteiger partial charge in [-0.3, -0.25) is 0 Å². The maximum Gasteiger partial charge on any atom is 0.183 e. The highest BCUT2D eigenvalue weighted by Crippen LogP contribution is 2.25. The van der Waals surface area contributed by atoms with E-state index in [1.54, 1.807) is 0 Å². The Hall–Kier alpha value is -1.36. The zero-order valence-electron chi connectivity index (χ0n) is 9.84. The van der Waals surface area contributed by atoms with Gasteiger partial charge < -0.3 is 16.2 Å². The van der Waals surface area contributed by atoms with Crippen molar-refractivity contribution in [3.63, 3.8) is 0 Å². The molecule has 0 amide bonds. The van der Waals surface area contributed by atoms with Gasteiger partial charge in [0.05, 0.1) is 11.4 Å². The number of nitrogens with two attached hydrogens (primary N) is 1. The van der Waals surface area contributed by atoms with Crippen LogP contribution in [0.2, 0.25) is 0 Å². The van der Waals surface area contributed by atoms with Crippen LogP contribution in [0.25, 0.3) is 0 Å². The van der Waals surface area contributed by atoms with E-state index >= 15 is 0 Å². The van der Waals surface area contributed by atoms with Gasteiger partial charge in [-0.2, -0.15) is 0 Å². The van der Waals surface area contributed by atoms with Crippen molar-refractivity contribution in [3.8, 4) is 0 Å². The van der Waals surface area contributed by atoms with E-state index in [4.69, 9.17) is 10.8 Å². The summed E-state index contributed by atoms with van der Waals surface area (Å²) in [6.07, 6.45) is 1.48. The fourth-order valence-electron chi connectivity index (χ4n) is 1.62. The maximum atomic E-state index is 13.4. The fraction of sp³-hybridized carbons (Fsp3) is 0.500. The van der Waals surface area contributed by atoms with Crippen molar-refractivity contribution in [2.75, 3.05) is 24.2 Å². The molecule has 17 heavy (non-hydrogen) atoms. The van der Waals surface area contributed by atoms with Crippen LogP contribution in [0, 0.1) is 17.6 Å². The molecule has 5 heteroatoms. The molecule has 1 atom stereocenters. The molecule has 0 fully saturated rings. The maximum absolute atomic E-state index is 13.4. The molecule has 4 N–H and O–H groups in total. The van der Waals surface area contributed by atoms with Crippen LogP contribution in [-0.2, 0) is 0 Å². The van der Waals surface area contributed by atoms with Crippen molar-refractivity contribution >= 4 is 11.4 Å². The van der Waals surface area contributed by atoms with Crippen molar-refractivity contribution in [2.24, 2.45) is 5.92 Å². The molecule has 1 rings (SSSR count).